The molecule has 1 N–H and O–H groups in total. The van der Waals surface area contributed by atoms with Crippen LogP contribution in [0.1, 0.15) is 31.2 Å². The molecule has 2 aromatic rings. The highest BCUT2D eigenvalue weighted by atomic mass is 32.1. The third-order valence-corrected chi connectivity index (χ3v) is 4.48. The van der Waals surface area contributed by atoms with Crippen LogP contribution in [-0.4, -0.2) is 41.8 Å². The molecule has 0 aliphatic heterocycles. The fourth-order valence-corrected chi connectivity index (χ4v) is 3.20. The lowest BCUT2D eigenvalue weighted by molar-refractivity contribution is -0.111. The average molecular weight is 363 g/mol. The number of carbonyl (C=O) groups is 3. The van der Waals surface area contributed by atoms with E-state index in [-0.39, 0.29) is 15.4 Å². The van der Waals surface area contributed by atoms with Crippen LogP contribution in [0.15, 0.2) is 18.5 Å². The zero-order valence-electron chi connectivity index (χ0n) is 14.2. The quantitative estimate of drug-likeness (QED) is 0.644. The summed E-state index contributed by atoms with van der Waals surface area (Å²) in [6.45, 7) is 1.59. The van der Waals surface area contributed by atoms with Crippen molar-refractivity contribution in [2.24, 2.45) is 7.05 Å². The Hall–Kier alpha value is -2.94. The Morgan fingerprint density at radius 1 is 1.24 bits per heavy atom. The molecular weight excluding hydrogens is 346 g/mol. The topological polar surface area (TPSA) is 99.5 Å². The second kappa shape index (κ2) is 7.75. The van der Waals surface area contributed by atoms with Gasteiger partial charge in [-0.25, -0.2) is 9.59 Å². The van der Waals surface area contributed by atoms with E-state index in [9.17, 15) is 14.4 Å². The Labute approximate surface area is 148 Å². The molecule has 0 fully saturated rings. The van der Waals surface area contributed by atoms with Crippen LogP contribution >= 0.6 is 11.3 Å². The molecule has 0 spiro atoms. The van der Waals surface area contributed by atoms with E-state index in [1.54, 1.807) is 37.1 Å². The number of nitrogens with one attached hydrogen (secondary N) is 1. The van der Waals surface area contributed by atoms with Crippen molar-refractivity contribution in [1.82, 2.24) is 9.78 Å². The first kappa shape index (κ1) is 18.4. The van der Waals surface area contributed by atoms with Gasteiger partial charge in [0.1, 0.15) is 9.88 Å². The van der Waals surface area contributed by atoms with E-state index in [1.165, 1.54) is 20.3 Å². The Morgan fingerprint density at radius 3 is 2.48 bits per heavy atom. The lowest BCUT2D eigenvalue weighted by atomic mass is 10.1. The molecule has 9 heteroatoms. The number of carbonyl (C=O) groups excluding carboxylic acids is 3. The van der Waals surface area contributed by atoms with Crippen LogP contribution in [0.25, 0.3) is 6.08 Å². The number of methoxy groups -OCH3 is 2. The van der Waals surface area contributed by atoms with Gasteiger partial charge in [-0.05, 0) is 18.6 Å². The van der Waals surface area contributed by atoms with E-state index in [0.29, 0.717) is 5.56 Å². The van der Waals surface area contributed by atoms with E-state index < -0.39 is 17.8 Å². The predicted molar refractivity (Wildman–Crippen MR) is 92.6 cm³/mol. The second-order valence-electron chi connectivity index (χ2n) is 5.01. The summed E-state index contributed by atoms with van der Waals surface area (Å²) in [6.07, 6.45) is 6.25. The van der Waals surface area contributed by atoms with Gasteiger partial charge < -0.3 is 14.8 Å². The van der Waals surface area contributed by atoms with Crippen molar-refractivity contribution in [1.29, 1.82) is 0 Å². The number of esters is 2. The molecule has 0 saturated heterocycles. The van der Waals surface area contributed by atoms with Gasteiger partial charge in [0.05, 0.1) is 26.0 Å². The van der Waals surface area contributed by atoms with Gasteiger partial charge in [-0.2, -0.15) is 5.10 Å². The van der Waals surface area contributed by atoms with Crippen LogP contribution in [-0.2, 0) is 21.3 Å². The third-order valence-electron chi connectivity index (χ3n) is 3.30. The number of thiophene rings is 1. The summed E-state index contributed by atoms with van der Waals surface area (Å²) in [4.78, 5) is 36.2. The van der Waals surface area contributed by atoms with Gasteiger partial charge in [0.2, 0.25) is 5.91 Å². The molecule has 0 saturated carbocycles. The predicted octanol–water partition coefficient (Wildman–Crippen LogP) is 2.02. The number of hydrogen-bond donors (Lipinski definition) is 1. The van der Waals surface area contributed by atoms with Gasteiger partial charge in [-0.3, -0.25) is 9.48 Å². The zero-order chi connectivity index (χ0) is 18.6. The Morgan fingerprint density at radius 2 is 1.92 bits per heavy atom. The van der Waals surface area contributed by atoms with E-state index in [2.05, 4.69) is 10.4 Å². The van der Waals surface area contributed by atoms with Gasteiger partial charge in [0.15, 0.2) is 0 Å². The summed E-state index contributed by atoms with van der Waals surface area (Å²) in [7, 11) is 4.24. The van der Waals surface area contributed by atoms with Crippen LogP contribution in [0.5, 0.6) is 0 Å². The molecule has 8 nitrogen and oxygen atoms in total. The van der Waals surface area contributed by atoms with Crippen molar-refractivity contribution in [3.8, 4) is 0 Å². The standard InChI is InChI=1S/C16H17N3O5S/c1-9-12(15(21)23-3)14(25-13(9)16(22)24-4)18-11(20)6-5-10-7-17-19(2)8-10/h5-8H,1-4H3,(H,18,20)/b6-5+. The molecule has 0 aromatic carbocycles. The minimum Gasteiger partial charge on any atom is -0.465 e. The molecule has 132 valence electrons. The van der Waals surface area contributed by atoms with Crippen molar-refractivity contribution in [3.05, 3.63) is 40.0 Å². The molecule has 0 aliphatic rings. The fourth-order valence-electron chi connectivity index (χ4n) is 2.09. The van der Waals surface area contributed by atoms with Gasteiger partial charge in [0, 0.05) is 24.9 Å². The normalized spacial score (nSPS) is 10.7. The molecule has 1 amide bonds. The fraction of sp³-hybridized carbons (Fsp3) is 0.250. The first-order chi connectivity index (χ1) is 11.9. The van der Waals surface area contributed by atoms with Crippen LogP contribution in [0.3, 0.4) is 0 Å². The minimum atomic E-state index is -0.643. The van der Waals surface area contributed by atoms with Crippen molar-refractivity contribution in [3.63, 3.8) is 0 Å². The van der Waals surface area contributed by atoms with Gasteiger partial charge in [0.25, 0.3) is 0 Å². The van der Waals surface area contributed by atoms with Crippen molar-refractivity contribution < 1.29 is 23.9 Å². The SMILES string of the molecule is COC(=O)c1sc(NC(=O)/C=C/c2cnn(C)c2)c(C(=O)OC)c1C. The minimum absolute atomic E-state index is 0.135. The second-order valence-corrected chi connectivity index (χ2v) is 6.03. The first-order valence-corrected chi connectivity index (χ1v) is 7.96. The van der Waals surface area contributed by atoms with Gasteiger partial charge >= 0.3 is 11.9 Å². The van der Waals surface area contributed by atoms with E-state index in [4.69, 9.17) is 9.47 Å². The summed E-state index contributed by atoms with van der Waals surface area (Å²) in [5.41, 5.74) is 1.29. The first-order valence-electron chi connectivity index (χ1n) is 7.15. The number of aromatic nitrogens is 2. The molecular formula is C16H17N3O5S. The number of aryl methyl sites for hydroxylation is 1. The molecule has 0 radical (unpaired) electrons. The highest BCUT2D eigenvalue weighted by Gasteiger charge is 2.26. The molecule has 0 bridgehead atoms. The van der Waals surface area contributed by atoms with Crippen LogP contribution in [0.4, 0.5) is 5.00 Å². The number of nitrogens with zero attached hydrogens (tertiary/aromatic N) is 2. The number of rotatable bonds is 5. The smallest absolute Gasteiger partial charge is 0.348 e. The highest BCUT2D eigenvalue weighted by molar-refractivity contribution is 7.18. The number of hydrogen-bond acceptors (Lipinski definition) is 7. The maximum absolute atomic E-state index is 12.1. The highest BCUT2D eigenvalue weighted by Crippen LogP contribution is 2.34. The molecule has 2 heterocycles. The van der Waals surface area contributed by atoms with Crippen molar-refractivity contribution in [2.45, 2.75) is 6.92 Å². The van der Waals surface area contributed by atoms with Crippen LogP contribution < -0.4 is 5.32 Å². The summed E-state index contributed by atoms with van der Waals surface area (Å²) in [5.74, 6) is -1.68. The lowest BCUT2D eigenvalue weighted by Gasteiger charge is -2.03. The Balaban J connectivity index is 2.28. The van der Waals surface area contributed by atoms with E-state index in [1.807, 2.05) is 0 Å². The summed E-state index contributed by atoms with van der Waals surface area (Å²) in [6, 6.07) is 0. The van der Waals surface area contributed by atoms with Gasteiger partial charge in [-0.15, -0.1) is 11.3 Å². The molecule has 2 rings (SSSR count). The monoisotopic (exact) mass is 363 g/mol. The summed E-state index contributed by atoms with van der Waals surface area (Å²) in [5, 5.41) is 6.82. The molecule has 0 aliphatic carbocycles. The molecule has 0 unspecified atom stereocenters. The van der Waals surface area contributed by atoms with E-state index in [0.717, 1.165) is 16.9 Å². The number of amides is 1. The number of anilines is 1. The molecule has 25 heavy (non-hydrogen) atoms. The Kier molecular flexibility index (Phi) is 5.71. The molecule has 2 aromatic heterocycles. The third kappa shape index (κ3) is 4.13. The maximum atomic E-state index is 12.1. The van der Waals surface area contributed by atoms with Gasteiger partial charge in [-0.1, -0.05) is 0 Å². The van der Waals surface area contributed by atoms with Crippen LogP contribution in [0.2, 0.25) is 0 Å². The largest absolute Gasteiger partial charge is 0.465 e. The Bertz CT molecular complexity index is 850. The summed E-state index contributed by atoms with van der Waals surface area (Å²) >= 11 is 0.959. The van der Waals surface area contributed by atoms with E-state index >= 15 is 0 Å². The van der Waals surface area contributed by atoms with Crippen molar-refractivity contribution in [2.75, 3.05) is 19.5 Å². The average Bonchev–Trinajstić information content (AvgIpc) is 3.15. The number of ether oxygens (including phenoxy) is 2. The molecule has 0 atom stereocenters. The summed E-state index contributed by atoms with van der Waals surface area (Å²) < 4.78 is 11.0. The zero-order valence-corrected chi connectivity index (χ0v) is 15.0. The van der Waals surface area contributed by atoms with Crippen molar-refractivity contribution >= 4 is 40.3 Å². The maximum Gasteiger partial charge on any atom is 0.348 e. The van der Waals surface area contributed by atoms with Crippen LogP contribution in [0, 0.1) is 6.92 Å². The lowest BCUT2D eigenvalue weighted by Crippen LogP contribution is -2.11.